The Morgan fingerprint density at radius 3 is 2.93 bits per heavy atom. The van der Waals surface area contributed by atoms with Gasteiger partial charge < -0.3 is 25.0 Å². The summed E-state index contributed by atoms with van der Waals surface area (Å²) in [6.45, 7) is 2.40. The van der Waals surface area contributed by atoms with E-state index in [9.17, 15) is 4.79 Å². The molecule has 0 spiro atoms. The van der Waals surface area contributed by atoms with Gasteiger partial charge in [-0.25, -0.2) is 19.7 Å². The van der Waals surface area contributed by atoms with Crippen molar-refractivity contribution in [3.05, 3.63) is 34.9 Å². The number of halogens is 1. The van der Waals surface area contributed by atoms with Crippen LogP contribution in [0.3, 0.4) is 0 Å². The largest absolute Gasteiger partial charge is 0.480 e. The molecule has 4 rings (SSSR count). The number of pyridine rings is 1. The summed E-state index contributed by atoms with van der Waals surface area (Å²) in [7, 11) is 1.54. The maximum atomic E-state index is 11.1. The predicted octanol–water partition coefficient (Wildman–Crippen LogP) is 2.26. The highest BCUT2D eigenvalue weighted by molar-refractivity contribution is 6.32. The molecule has 10 heteroatoms. The minimum atomic E-state index is -0.885. The first-order chi connectivity index (χ1) is 13.5. The topological polar surface area (TPSA) is 104 Å². The zero-order chi connectivity index (χ0) is 19.7. The van der Waals surface area contributed by atoms with Gasteiger partial charge in [-0.15, -0.1) is 0 Å². The molecule has 0 saturated carbocycles. The number of anilines is 2. The normalized spacial score (nSPS) is 18.7. The monoisotopic (exact) mass is 404 g/mol. The quantitative estimate of drug-likeness (QED) is 0.799. The van der Waals surface area contributed by atoms with Gasteiger partial charge in [-0.2, -0.15) is 0 Å². The predicted molar refractivity (Wildman–Crippen MR) is 104 cm³/mol. The van der Waals surface area contributed by atoms with Crippen molar-refractivity contribution in [2.24, 2.45) is 0 Å². The molecule has 0 radical (unpaired) electrons. The molecule has 2 aromatic rings. The van der Waals surface area contributed by atoms with Crippen LogP contribution >= 0.6 is 11.6 Å². The smallest absolute Gasteiger partial charge is 0.407 e. The average molecular weight is 405 g/mol. The van der Waals surface area contributed by atoms with Crippen LogP contribution in [0.25, 0.3) is 0 Å². The lowest BCUT2D eigenvalue weighted by Gasteiger charge is -2.31. The molecule has 28 heavy (non-hydrogen) atoms. The van der Waals surface area contributed by atoms with Crippen LogP contribution in [0.1, 0.15) is 17.7 Å². The summed E-state index contributed by atoms with van der Waals surface area (Å²) in [4.78, 5) is 27.8. The molecule has 0 unspecified atom stereocenters. The van der Waals surface area contributed by atoms with E-state index < -0.39 is 6.09 Å². The Balaban J connectivity index is 1.53. The van der Waals surface area contributed by atoms with E-state index in [1.165, 1.54) is 12.0 Å². The molecule has 0 aromatic carbocycles. The maximum absolute atomic E-state index is 11.1. The summed E-state index contributed by atoms with van der Waals surface area (Å²) in [5, 5.41) is 13.0. The van der Waals surface area contributed by atoms with Crippen LogP contribution in [-0.4, -0.2) is 63.8 Å². The number of likely N-dealkylation sites (tertiary alicyclic amines) is 1. The molecule has 1 fully saturated rings. The van der Waals surface area contributed by atoms with Crippen molar-refractivity contribution in [1.82, 2.24) is 19.9 Å². The zero-order valence-electron chi connectivity index (χ0n) is 15.4. The highest BCUT2D eigenvalue weighted by Crippen LogP contribution is 2.31. The van der Waals surface area contributed by atoms with Gasteiger partial charge >= 0.3 is 6.09 Å². The van der Waals surface area contributed by atoms with E-state index in [1.54, 1.807) is 12.5 Å². The second kappa shape index (κ2) is 7.67. The van der Waals surface area contributed by atoms with Gasteiger partial charge in [-0.3, -0.25) is 0 Å². The highest BCUT2D eigenvalue weighted by Gasteiger charge is 2.28. The second-order valence-corrected chi connectivity index (χ2v) is 7.27. The van der Waals surface area contributed by atoms with Gasteiger partial charge in [0.05, 0.1) is 24.7 Å². The Labute approximate surface area is 167 Å². The van der Waals surface area contributed by atoms with Crippen LogP contribution in [0.15, 0.2) is 18.6 Å². The van der Waals surface area contributed by atoms with Crippen molar-refractivity contribution in [2.45, 2.75) is 25.4 Å². The lowest BCUT2D eigenvalue weighted by atomic mass is 10.1. The number of nitrogens with zero attached hydrogens (tertiary/aromatic N) is 5. The number of rotatable bonds is 4. The van der Waals surface area contributed by atoms with Crippen LogP contribution in [-0.2, 0) is 13.0 Å². The molecule has 0 aliphatic carbocycles. The minimum Gasteiger partial charge on any atom is -0.480 e. The molecule has 2 aliphatic rings. The van der Waals surface area contributed by atoms with Gasteiger partial charge in [-0.1, -0.05) is 11.6 Å². The summed E-state index contributed by atoms with van der Waals surface area (Å²) < 4.78 is 5.13. The Kier molecular flexibility index (Phi) is 5.08. The fourth-order valence-corrected chi connectivity index (χ4v) is 3.91. The van der Waals surface area contributed by atoms with E-state index in [0.717, 1.165) is 42.1 Å². The van der Waals surface area contributed by atoms with Gasteiger partial charge in [-0.05, 0) is 12.5 Å². The number of fused-ring (bicyclic) bond motifs is 1. The third-order valence-corrected chi connectivity index (χ3v) is 5.42. The van der Waals surface area contributed by atoms with E-state index in [-0.39, 0.29) is 6.04 Å². The van der Waals surface area contributed by atoms with Crippen LogP contribution < -0.4 is 15.0 Å². The summed E-state index contributed by atoms with van der Waals surface area (Å²) in [6, 6.07) is 1.89. The van der Waals surface area contributed by atoms with Crippen molar-refractivity contribution in [3.8, 4) is 5.88 Å². The maximum Gasteiger partial charge on any atom is 0.407 e. The molecule has 4 heterocycles. The van der Waals surface area contributed by atoms with Crippen LogP contribution in [0.5, 0.6) is 5.88 Å². The number of carbonyl (C=O) groups is 1. The summed E-state index contributed by atoms with van der Waals surface area (Å²) in [6.07, 6.45) is 3.96. The van der Waals surface area contributed by atoms with E-state index in [0.29, 0.717) is 30.5 Å². The van der Waals surface area contributed by atoms with Crippen molar-refractivity contribution < 1.29 is 14.6 Å². The molecule has 1 saturated heterocycles. The van der Waals surface area contributed by atoms with Crippen molar-refractivity contribution >= 4 is 29.2 Å². The number of amides is 1. The Morgan fingerprint density at radius 1 is 1.36 bits per heavy atom. The molecule has 1 amide bonds. The highest BCUT2D eigenvalue weighted by atomic mass is 35.5. The lowest BCUT2D eigenvalue weighted by Crippen LogP contribution is -2.34. The standard InChI is InChI=1S/C18H21ClN6O3/c1-28-17-14(19)6-12(7-20-17)24-5-3-15-13(9-24)16(22-10-21-15)23-11-2-4-25(8-11)18(26)27/h6-7,10-11H,2-5,8-9H2,1H3,(H,26,27)(H,21,22,23)/t11-/m0/s1. The van der Waals surface area contributed by atoms with Gasteiger partial charge in [0.25, 0.3) is 0 Å². The number of nitrogens with one attached hydrogen (secondary N) is 1. The molecule has 148 valence electrons. The number of ether oxygens (including phenoxy) is 1. The van der Waals surface area contributed by atoms with Crippen LogP contribution in [0, 0.1) is 0 Å². The SMILES string of the molecule is COc1ncc(N2CCc3ncnc(N[C@H]4CCN(C(=O)O)C4)c3C2)cc1Cl. The third kappa shape index (κ3) is 3.62. The first kappa shape index (κ1) is 18.5. The van der Waals surface area contributed by atoms with Crippen molar-refractivity contribution in [2.75, 3.05) is 37.0 Å². The Bertz CT molecular complexity index is 896. The van der Waals surface area contributed by atoms with Crippen LogP contribution in [0.2, 0.25) is 5.02 Å². The van der Waals surface area contributed by atoms with Gasteiger partial charge in [0, 0.05) is 44.2 Å². The molecular formula is C18H21ClN6O3. The fourth-order valence-electron chi connectivity index (χ4n) is 3.67. The zero-order valence-corrected chi connectivity index (χ0v) is 16.2. The Hall–Kier alpha value is -2.81. The summed E-state index contributed by atoms with van der Waals surface area (Å²) in [5.74, 6) is 1.16. The second-order valence-electron chi connectivity index (χ2n) is 6.86. The minimum absolute atomic E-state index is 0.0441. The summed E-state index contributed by atoms with van der Waals surface area (Å²) in [5.41, 5.74) is 2.94. The summed E-state index contributed by atoms with van der Waals surface area (Å²) >= 11 is 6.23. The molecule has 0 bridgehead atoms. The van der Waals surface area contributed by atoms with E-state index in [4.69, 9.17) is 21.4 Å². The lowest BCUT2D eigenvalue weighted by molar-refractivity contribution is 0.155. The molecule has 2 aromatic heterocycles. The molecule has 9 nitrogen and oxygen atoms in total. The molecule has 2 aliphatic heterocycles. The average Bonchev–Trinajstić information content (AvgIpc) is 3.17. The fraction of sp³-hybridized carbons (Fsp3) is 0.444. The van der Waals surface area contributed by atoms with E-state index >= 15 is 0 Å². The Morgan fingerprint density at radius 2 is 2.21 bits per heavy atom. The first-order valence-electron chi connectivity index (χ1n) is 9.06. The van der Waals surface area contributed by atoms with E-state index in [1.807, 2.05) is 6.07 Å². The van der Waals surface area contributed by atoms with E-state index in [2.05, 4.69) is 25.2 Å². The number of hydrogen-bond acceptors (Lipinski definition) is 7. The molecule has 2 N–H and O–H groups in total. The first-order valence-corrected chi connectivity index (χ1v) is 9.44. The molecular weight excluding hydrogens is 384 g/mol. The van der Waals surface area contributed by atoms with Gasteiger partial charge in [0.15, 0.2) is 0 Å². The van der Waals surface area contributed by atoms with Gasteiger partial charge in [0.1, 0.15) is 17.2 Å². The third-order valence-electron chi connectivity index (χ3n) is 5.15. The van der Waals surface area contributed by atoms with Crippen molar-refractivity contribution in [1.29, 1.82) is 0 Å². The van der Waals surface area contributed by atoms with Gasteiger partial charge in [0.2, 0.25) is 5.88 Å². The number of methoxy groups -OCH3 is 1. The van der Waals surface area contributed by atoms with Crippen LogP contribution in [0.4, 0.5) is 16.3 Å². The molecule has 1 atom stereocenters. The number of hydrogen-bond donors (Lipinski definition) is 2. The number of aromatic nitrogens is 3. The number of carboxylic acid groups (broad SMARTS) is 1. The van der Waals surface area contributed by atoms with Crippen molar-refractivity contribution in [3.63, 3.8) is 0 Å².